The standard InChI is InChI=1S/C14H19NO5S/c1-10(21(3,17)18)14(16)15(2)8-11-9-19-12-6-4-5-7-13(12)20-11/h4-7,10-11H,8-9H2,1-3H3/t10-,11+/m0/s1. The van der Waals surface area contributed by atoms with E-state index >= 15 is 0 Å². The van der Waals surface area contributed by atoms with Gasteiger partial charge in [0, 0.05) is 13.3 Å². The average molecular weight is 313 g/mol. The topological polar surface area (TPSA) is 72.9 Å². The van der Waals surface area contributed by atoms with Crippen LogP contribution in [0.4, 0.5) is 0 Å². The first kappa shape index (κ1) is 15.6. The molecule has 0 unspecified atom stereocenters. The first-order valence-electron chi connectivity index (χ1n) is 6.61. The molecule has 1 aromatic rings. The molecule has 0 N–H and O–H groups in total. The van der Waals surface area contributed by atoms with Crippen LogP contribution in [0.3, 0.4) is 0 Å². The molecule has 0 bridgehead atoms. The minimum Gasteiger partial charge on any atom is -0.486 e. The van der Waals surface area contributed by atoms with Crippen LogP contribution < -0.4 is 9.47 Å². The van der Waals surface area contributed by atoms with Crippen LogP contribution >= 0.6 is 0 Å². The smallest absolute Gasteiger partial charge is 0.240 e. The second kappa shape index (κ2) is 5.93. The predicted octanol–water partition coefficient (Wildman–Crippen LogP) is 0.718. The van der Waals surface area contributed by atoms with Crippen LogP contribution in [0.5, 0.6) is 11.5 Å². The number of para-hydroxylation sites is 2. The Morgan fingerprint density at radius 1 is 1.38 bits per heavy atom. The number of sulfone groups is 1. The molecule has 0 aliphatic carbocycles. The van der Waals surface area contributed by atoms with Gasteiger partial charge in [0.15, 0.2) is 27.4 Å². The van der Waals surface area contributed by atoms with Gasteiger partial charge in [0.25, 0.3) is 0 Å². The summed E-state index contributed by atoms with van der Waals surface area (Å²) in [4.78, 5) is 13.4. The number of hydrogen-bond acceptors (Lipinski definition) is 5. The van der Waals surface area contributed by atoms with Crippen molar-refractivity contribution in [2.24, 2.45) is 0 Å². The number of nitrogens with zero attached hydrogens (tertiary/aromatic N) is 1. The van der Waals surface area contributed by atoms with Gasteiger partial charge in [-0.1, -0.05) is 12.1 Å². The number of carbonyl (C=O) groups excluding carboxylic acids is 1. The van der Waals surface area contributed by atoms with Crippen molar-refractivity contribution in [1.29, 1.82) is 0 Å². The number of hydrogen-bond donors (Lipinski definition) is 0. The number of ether oxygens (including phenoxy) is 2. The van der Waals surface area contributed by atoms with Crippen molar-refractivity contribution < 1.29 is 22.7 Å². The van der Waals surface area contributed by atoms with Crippen molar-refractivity contribution in [1.82, 2.24) is 4.90 Å². The van der Waals surface area contributed by atoms with Gasteiger partial charge in [-0.3, -0.25) is 4.79 Å². The Bertz CT molecular complexity index is 628. The fraction of sp³-hybridized carbons (Fsp3) is 0.500. The molecule has 0 saturated heterocycles. The molecule has 0 radical (unpaired) electrons. The highest BCUT2D eigenvalue weighted by molar-refractivity contribution is 7.92. The molecule has 1 heterocycles. The summed E-state index contributed by atoms with van der Waals surface area (Å²) in [6, 6.07) is 7.30. The van der Waals surface area contributed by atoms with E-state index in [0.29, 0.717) is 18.1 Å². The second-order valence-electron chi connectivity index (χ2n) is 5.19. The van der Waals surface area contributed by atoms with E-state index in [9.17, 15) is 13.2 Å². The minimum atomic E-state index is -3.40. The van der Waals surface area contributed by atoms with Gasteiger partial charge in [-0.05, 0) is 19.1 Å². The van der Waals surface area contributed by atoms with E-state index in [1.807, 2.05) is 18.2 Å². The van der Waals surface area contributed by atoms with Gasteiger partial charge in [0.05, 0.1) is 6.54 Å². The summed E-state index contributed by atoms with van der Waals surface area (Å²) >= 11 is 0. The number of carbonyl (C=O) groups is 1. The highest BCUT2D eigenvalue weighted by Crippen LogP contribution is 2.30. The Labute approximate surface area is 124 Å². The van der Waals surface area contributed by atoms with Crippen LogP contribution in [-0.4, -0.2) is 57.0 Å². The lowest BCUT2D eigenvalue weighted by atomic mass is 10.2. The van der Waals surface area contributed by atoms with E-state index in [4.69, 9.17) is 9.47 Å². The van der Waals surface area contributed by atoms with Crippen LogP contribution in [0.1, 0.15) is 6.92 Å². The first-order chi connectivity index (χ1) is 9.79. The molecule has 6 nitrogen and oxygen atoms in total. The highest BCUT2D eigenvalue weighted by Gasteiger charge is 2.29. The molecular weight excluding hydrogens is 294 g/mol. The summed E-state index contributed by atoms with van der Waals surface area (Å²) < 4.78 is 34.2. The van der Waals surface area contributed by atoms with E-state index in [0.717, 1.165) is 6.26 Å². The zero-order valence-electron chi connectivity index (χ0n) is 12.3. The van der Waals surface area contributed by atoms with Crippen molar-refractivity contribution in [3.05, 3.63) is 24.3 Å². The number of rotatable bonds is 4. The molecule has 1 aliphatic heterocycles. The van der Waals surface area contributed by atoms with Gasteiger partial charge < -0.3 is 14.4 Å². The Morgan fingerprint density at radius 2 is 2.00 bits per heavy atom. The van der Waals surface area contributed by atoms with Crippen molar-refractivity contribution in [2.45, 2.75) is 18.3 Å². The molecule has 116 valence electrons. The first-order valence-corrected chi connectivity index (χ1v) is 8.57. The lowest BCUT2D eigenvalue weighted by Gasteiger charge is -2.30. The average Bonchev–Trinajstić information content (AvgIpc) is 2.44. The zero-order valence-corrected chi connectivity index (χ0v) is 13.1. The third kappa shape index (κ3) is 3.66. The van der Waals surface area contributed by atoms with Crippen LogP contribution in [0.2, 0.25) is 0 Å². The summed E-state index contributed by atoms with van der Waals surface area (Å²) in [5, 5.41) is -1.06. The van der Waals surface area contributed by atoms with Crippen LogP contribution in [0, 0.1) is 0 Å². The van der Waals surface area contributed by atoms with E-state index in [1.54, 1.807) is 13.1 Å². The number of fused-ring (bicyclic) bond motifs is 1. The zero-order chi connectivity index (χ0) is 15.6. The van der Waals surface area contributed by atoms with Crippen molar-refractivity contribution >= 4 is 15.7 Å². The molecular formula is C14H19NO5S. The summed E-state index contributed by atoms with van der Waals surface area (Å²) in [5.41, 5.74) is 0. The number of likely N-dealkylation sites (N-methyl/N-ethyl adjacent to an activating group) is 1. The molecule has 0 aromatic heterocycles. The van der Waals surface area contributed by atoms with E-state index in [1.165, 1.54) is 11.8 Å². The predicted molar refractivity (Wildman–Crippen MR) is 78.3 cm³/mol. The van der Waals surface area contributed by atoms with Crippen molar-refractivity contribution in [2.75, 3.05) is 26.5 Å². The third-order valence-electron chi connectivity index (χ3n) is 3.41. The molecule has 0 saturated carbocycles. The van der Waals surface area contributed by atoms with Gasteiger partial charge in [0.2, 0.25) is 5.91 Å². The fourth-order valence-electron chi connectivity index (χ4n) is 2.04. The molecule has 1 aliphatic rings. The van der Waals surface area contributed by atoms with Gasteiger partial charge >= 0.3 is 0 Å². The molecule has 1 aromatic carbocycles. The van der Waals surface area contributed by atoms with Crippen LogP contribution in [0.15, 0.2) is 24.3 Å². The van der Waals surface area contributed by atoms with Gasteiger partial charge in [-0.15, -0.1) is 0 Å². The van der Waals surface area contributed by atoms with E-state index in [2.05, 4.69) is 0 Å². The maximum absolute atomic E-state index is 12.1. The lowest BCUT2D eigenvalue weighted by molar-refractivity contribution is -0.130. The summed E-state index contributed by atoms with van der Waals surface area (Å²) in [7, 11) is -1.84. The molecule has 2 rings (SSSR count). The van der Waals surface area contributed by atoms with Crippen LogP contribution in [0.25, 0.3) is 0 Å². The van der Waals surface area contributed by atoms with Gasteiger partial charge in [-0.2, -0.15) is 0 Å². The monoisotopic (exact) mass is 313 g/mol. The Kier molecular flexibility index (Phi) is 4.41. The van der Waals surface area contributed by atoms with E-state index in [-0.39, 0.29) is 12.6 Å². The third-order valence-corrected chi connectivity index (χ3v) is 4.90. The lowest BCUT2D eigenvalue weighted by Crippen LogP contribution is -2.46. The Hall–Kier alpha value is -1.76. The normalized spacial score (nSPS) is 18.9. The molecule has 21 heavy (non-hydrogen) atoms. The van der Waals surface area contributed by atoms with Crippen molar-refractivity contribution in [3.8, 4) is 11.5 Å². The molecule has 0 spiro atoms. The number of amides is 1. The summed E-state index contributed by atoms with van der Waals surface area (Å²) in [5.74, 6) is 0.859. The van der Waals surface area contributed by atoms with Gasteiger partial charge in [-0.25, -0.2) is 8.42 Å². The minimum absolute atomic E-state index is 0.271. The second-order valence-corrected chi connectivity index (χ2v) is 7.55. The molecule has 1 amide bonds. The summed E-state index contributed by atoms with van der Waals surface area (Å²) in [6.07, 6.45) is 0.737. The summed E-state index contributed by atoms with van der Waals surface area (Å²) in [6.45, 7) is 1.98. The Balaban J connectivity index is 1.98. The fourth-order valence-corrected chi connectivity index (χ4v) is 2.59. The molecule has 7 heteroatoms. The van der Waals surface area contributed by atoms with Crippen LogP contribution in [-0.2, 0) is 14.6 Å². The highest BCUT2D eigenvalue weighted by atomic mass is 32.2. The number of benzene rings is 1. The van der Waals surface area contributed by atoms with E-state index < -0.39 is 21.0 Å². The van der Waals surface area contributed by atoms with Crippen molar-refractivity contribution in [3.63, 3.8) is 0 Å². The largest absolute Gasteiger partial charge is 0.486 e. The maximum Gasteiger partial charge on any atom is 0.240 e. The quantitative estimate of drug-likeness (QED) is 0.819. The Morgan fingerprint density at radius 3 is 2.62 bits per heavy atom. The maximum atomic E-state index is 12.1. The van der Waals surface area contributed by atoms with Gasteiger partial charge in [0.1, 0.15) is 11.9 Å². The molecule has 2 atom stereocenters. The molecule has 0 fully saturated rings. The SMILES string of the molecule is C[C@@H](C(=O)N(C)C[C@@H]1COc2ccccc2O1)S(C)(=O)=O.